The fraction of sp³-hybridized carbons (Fsp3) is 0.667. The number of ether oxygens (including phenoxy) is 1. The summed E-state index contributed by atoms with van der Waals surface area (Å²) in [5.74, 6) is 0. The van der Waals surface area contributed by atoms with Crippen LogP contribution in [0.15, 0.2) is 12.7 Å². The molecule has 0 bridgehead atoms. The van der Waals surface area contributed by atoms with Crippen molar-refractivity contribution in [3.63, 3.8) is 0 Å². The van der Waals surface area contributed by atoms with Crippen molar-refractivity contribution in [3.8, 4) is 0 Å². The van der Waals surface area contributed by atoms with Gasteiger partial charge in [0.1, 0.15) is 11.7 Å². The Balaban J connectivity index is 2.42. The van der Waals surface area contributed by atoms with E-state index < -0.39 is 0 Å². The molecular weight excluding hydrogens is 104 g/mol. The molecule has 0 aromatic heterocycles. The van der Waals surface area contributed by atoms with Gasteiger partial charge in [-0.1, -0.05) is 6.08 Å². The SMILES string of the molecule is C=CC1(C)OC1CO. The number of hydrogen-bond donors (Lipinski definition) is 1. The Morgan fingerprint density at radius 2 is 2.62 bits per heavy atom. The van der Waals surface area contributed by atoms with Crippen molar-refractivity contribution in [1.29, 1.82) is 0 Å². The first kappa shape index (κ1) is 5.79. The highest BCUT2D eigenvalue weighted by Crippen LogP contribution is 2.36. The van der Waals surface area contributed by atoms with Crippen molar-refractivity contribution in [2.45, 2.75) is 18.6 Å². The molecule has 1 saturated heterocycles. The summed E-state index contributed by atoms with van der Waals surface area (Å²) in [7, 11) is 0. The van der Waals surface area contributed by atoms with Crippen LogP contribution in [0.25, 0.3) is 0 Å². The summed E-state index contributed by atoms with van der Waals surface area (Å²) in [6.07, 6.45) is 1.72. The van der Waals surface area contributed by atoms with E-state index >= 15 is 0 Å². The van der Waals surface area contributed by atoms with E-state index in [1.165, 1.54) is 0 Å². The van der Waals surface area contributed by atoms with E-state index in [-0.39, 0.29) is 18.3 Å². The van der Waals surface area contributed by atoms with E-state index in [0.717, 1.165) is 0 Å². The molecule has 1 N–H and O–H groups in total. The van der Waals surface area contributed by atoms with E-state index in [1.807, 2.05) is 6.92 Å². The first-order valence-electron chi connectivity index (χ1n) is 2.65. The van der Waals surface area contributed by atoms with E-state index in [1.54, 1.807) is 6.08 Å². The van der Waals surface area contributed by atoms with Gasteiger partial charge >= 0.3 is 0 Å². The number of aliphatic hydroxyl groups excluding tert-OH is 1. The lowest BCUT2D eigenvalue weighted by Crippen LogP contribution is -2.07. The minimum absolute atomic E-state index is 0.000000000000000222. The van der Waals surface area contributed by atoms with Crippen molar-refractivity contribution >= 4 is 0 Å². The van der Waals surface area contributed by atoms with Crippen LogP contribution in [-0.2, 0) is 4.74 Å². The van der Waals surface area contributed by atoms with Gasteiger partial charge in [-0.25, -0.2) is 0 Å². The van der Waals surface area contributed by atoms with Crippen LogP contribution in [0.3, 0.4) is 0 Å². The molecule has 2 unspecified atom stereocenters. The standard InChI is InChI=1S/C6H10O2/c1-3-6(2)5(4-7)8-6/h3,5,7H,1,4H2,2H3. The van der Waals surface area contributed by atoms with E-state index in [2.05, 4.69) is 6.58 Å². The van der Waals surface area contributed by atoms with E-state index in [0.29, 0.717) is 0 Å². The molecule has 1 fully saturated rings. The molecule has 46 valence electrons. The van der Waals surface area contributed by atoms with Gasteiger partial charge in [-0.3, -0.25) is 0 Å². The molecule has 0 spiro atoms. The molecule has 1 aliphatic rings. The Morgan fingerprint density at radius 3 is 2.75 bits per heavy atom. The molecule has 0 radical (unpaired) electrons. The van der Waals surface area contributed by atoms with Gasteiger partial charge in [0.15, 0.2) is 0 Å². The minimum Gasteiger partial charge on any atom is -0.394 e. The normalized spacial score (nSPS) is 44.0. The molecule has 0 saturated carbocycles. The third-order valence-electron chi connectivity index (χ3n) is 1.55. The summed E-state index contributed by atoms with van der Waals surface area (Å²) in [5, 5.41) is 8.50. The van der Waals surface area contributed by atoms with Gasteiger partial charge in [0.25, 0.3) is 0 Å². The number of epoxide rings is 1. The van der Waals surface area contributed by atoms with Crippen LogP contribution in [0.4, 0.5) is 0 Å². The van der Waals surface area contributed by atoms with Crippen LogP contribution in [0.5, 0.6) is 0 Å². The molecule has 2 heteroatoms. The van der Waals surface area contributed by atoms with Crippen molar-refractivity contribution < 1.29 is 9.84 Å². The topological polar surface area (TPSA) is 32.8 Å². The lowest BCUT2D eigenvalue weighted by atomic mass is 10.1. The number of aliphatic hydroxyl groups is 1. The van der Waals surface area contributed by atoms with Gasteiger partial charge in [0, 0.05) is 0 Å². The maximum atomic E-state index is 8.50. The fourth-order valence-electron chi connectivity index (χ4n) is 0.671. The summed E-state index contributed by atoms with van der Waals surface area (Å²) >= 11 is 0. The summed E-state index contributed by atoms with van der Waals surface area (Å²) in [4.78, 5) is 0. The second-order valence-electron chi connectivity index (χ2n) is 2.18. The summed E-state index contributed by atoms with van der Waals surface area (Å²) in [5.41, 5.74) is -0.227. The van der Waals surface area contributed by atoms with Gasteiger partial charge in [-0.15, -0.1) is 6.58 Å². The Hall–Kier alpha value is -0.340. The third-order valence-corrected chi connectivity index (χ3v) is 1.55. The minimum atomic E-state index is -0.227. The molecule has 0 aliphatic carbocycles. The molecule has 0 aromatic rings. The third kappa shape index (κ3) is 0.659. The Bertz CT molecular complexity index is 111. The smallest absolute Gasteiger partial charge is 0.114 e. The average molecular weight is 114 g/mol. The molecule has 2 atom stereocenters. The van der Waals surface area contributed by atoms with Crippen molar-refractivity contribution in [1.82, 2.24) is 0 Å². The zero-order valence-electron chi connectivity index (χ0n) is 4.92. The largest absolute Gasteiger partial charge is 0.394 e. The lowest BCUT2D eigenvalue weighted by Gasteiger charge is -1.91. The maximum absolute atomic E-state index is 8.50. The summed E-state index contributed by atoms with van der Waals surface area (Å²) < 4.78 is 5.03. The molecule has 2 nitrogen and oxygen atoms in total. The van der Waals surface area contributed by atoms with Crippen LogP contribution >= 0.6 is 0 Å². The highest BCUT2D eigenvalue weighted by Gasteiger charge is 2.48. The molecular formula is C6H10O2. The predicted octanol–water partition coefficient (Wildman–Crippen LogP) is 0.322. The van der Waals surface area contributed by atoms with Crippen molar-refractivity contribution in [2.24, 2.45) is 0 Å². The first-order valence-corrected chi connectivity index (χ1v) is 2.65. The van der Waals surface area contributed by atoms with E-state index in [9.17, 15) is 0 Å². The second-order valence-corrected chi connectivity index (χ2v) is 2.18. The van der Waals surface area contributed by atoms with Crippen LogP contribution in [0.1, 0.15) is 6.92 Å². The van der Waals surface area contributed by atoms with Gasteiger partial charge < -0.3 is 9.84 Å². The highest BCUT2D eigenvalue weighted by molar-refractivity contribution is 5.10. The van der Waals surface area contributed by atoms with E-state index in [4.69, 9.17) is 9.84 Å². The zero-order chi connectivity index (χ0) is 6.20. The molecule has 1 aliphatic heterocycles. The maximum Gasteiger partial charge on any atom is 0.114 e. The van der Waals surface area contributed by atoms with Gasteiger partial charge in [-0.05, 0) is 6.92 Å². The van der Waals surface area contributed by atoms with Gasteiger partial charge in [0.05, 0.1) is 6.61 Å². The summed E-state index contributed by atoms with van der Waals surface area (Å²) in [6, 6.07) is 0. The Labute approximate surface area is 48.8 Å². The molecule has 0 aromatic carbocycles. The fourth-order valence-corrected chi connectivity index (χ4v) is 0.671. The molecule has 8 heavy (non-hydrogen) atoms. The van der Waals surface area contributed by atoms with Crippen molar-refractivity contribution in [2.75, 3.05) is 6.61 Å². The quantitative estimate of drug-likeness (QED) is 0.414. The first-order chi connectivity index (χ1) is 3.73. The number of hydrogen-bond acceptors (Lipinski definition) is 2. The highest BCUT2D eigenvalue weighted by atomic mass is 16.6. The molecule has 1 rings (SSSR count). The molecule has 0 amide bonds. The Kier molecular flexibility index (Phi) is 1.14. The second kappa shape index (κ2) is 1.57. The lowest BCUT2D eigenvalue weighted by molar-refractivity contribution is 0.240. The van der Waals surface area contributed by atoms with Crippen LogP contribution in [0.2, 0.25) is 0 Å². The van der Waals surface area contributed by atoms with Gasteiger partial charge in [-0.2, -0.15) is 0 Å². The number of rotatable bonds is 2. The molecule has 1 heterocycles. The van der Waals surface area contributed by atoms with Gasteiger partial charge in [0.2, 0.25) is 0 Å². The Morgan fingerprint density at radius 1 is 2.00 bits per heavy atom. The average Bonchev–Trinajstić information content (AvgIpc) is 2.44. The summed E-state index contributed by atoms with van der Waals surface area (Å²) in [6.45, 7) is 5.56. The van der Waals surface area contributed by atoms with Crippen molar-refractivity contribution in [3.05, 3.63) is 12.7 Å². The predicted molar refractivity (Wildman–Crippen MR) is 30.6 cm³/mol. The van der Waals surface area contributed by atoms with Crippen LogP contribution in [-0.4, -0.2) is 23.4 Å². The van der Waals surface area contributed by atoms with Crippen LogP contribution in [0, 0.1) is 0 Å². The van der Waals surface area contributed by atoms with Crippen LogP contribution < -0.4 is 0 Å². The zero-order valence-corrected chi connectivity index (χ0v) is 4.92. The monoisotopic (exact) mass is 114 g/mol.